The van der Waals surface area contributed by atoms with Crippen molar-refractivity contribution >= 4 is 11.3 Å². The van der Waals surface area contributed by atoms with E-state index in [9.17, 15) is 0 Å². The number of hydrogen-bond acceptors (Lipinski definition) is 2. The molecular weight excluding hydrogens is 216 g/mol. The maximum atomic E-state index is 3.48. The van der Waals surface area contributed by atoms with Crippen LogP contribution in [0.4, 0.5) is 0 Å². The summed E-state index contributed by atoms with van der Waals surface area (Å²) in [4.78, 5) is 0. The van der Waals surface area contributed by atoms with Crippen molar-refractivity contribution in [1.29, 1.82) is 0 Å². The van der Waals surface area contributed by atoms with E-state index in [1.54, 1.807) is 11.3 Å². The lowest BCUT2D eigenvalue weighted by molar-refractivity contribution is 0.688. The fourth-order valence-corrected chi connectivity index (χ4v) is 2.52. The van der Waals surface area contributed by atoms with Gasteiger partial charge < -0.3 is 9.88 Å². The molecule has 2 aromatic heterocycles. The Bertz CT molecular complexity index is 454. The smallest absolute Gasteiger partial charge is 0.0226 e. The van der Waals surface area contributed by atoms with Crippen LogP contribution < -0.4 is 5.32 Å². The lowest BCUT2D eigenvalue weighted by atomic mass is 10.2. The van der Waals surface area contributed by atoms with E-state index in [1.807, 2.05) is 0 Å². The van der Waals surface area contributed by atoms with Crippen molar-refractivity contribution in [3.05, 3.63) is 45.4 Å². The predicted octanol–water partition coefficient (Wildman–Crippen LogP) is 2.99. The number of aryl methyl sites for hydroxylation is 1. The number of rotatable bonds is 4. The molecule has 16 heavy (non-hydrogen) atoms. The number of thiophene rings is 1. The number of nitrogens with one attached hydrogen (secondary N) is 1. The van der Waals surface area contributed by atoms with Gasteiger partial charge in [-0.15, -0.1) is 0 Å². The van der Waals surface area contributed by atoms with E-state index in [1.165, 1.54) is 22.5 Å². The fourth-order valence-electron chi connectivity index (χ4n) is 1.85. The summed E-state index contributed by atoms with van der Waals surface area (Å²) in [5.74, 6) is 0. The zero-order chi connectivity index (χ0) is 11.5. The largest absolute Gasteiger partial charge is 0.352 e. The molecule has 0 aliphatic carbocycles. The van der Waals surface area contributed by atoms with Crippen molar-refractivity contribution in [2.45, 2.75) is 26.9 Å². The Hall–Kier alpha value is -1.06. The van der Waals surface area contributed by atoms with Crippen molar-refractivity contribution in [1.82, 2.24) is 9.88 Å². The first-order valence-corrected chi connectivity index (χ1v) is 6.46. The molecule has 0 aliphatic heterocycles. The van der Waals surface area contributed by atoms with Crippen LogP contribution in [0, 0.1) is 13.8 Å². The Morgan fingerprint density at radius 2 is 2.12 bits per heavy atom. The molecule has 86 valence electrons. The number of nitrogens with zero attached hydrogens (tertiary/aromatic N) is 1. The second-order valence-electron chi connectivity index (χ2n) is 4.19. The quantitative estimate of drug-likeness (QED) is 0.860. The Morgan fingerprint density at radius 1 is 1.31 bits per heavy atom. The van der Waals surface area contributed by atoms with Gasteiger partial charge in [-0.3, -0.25) is 0 Å². The molecule has 0 spiro atoms. The molecule has 2 aromatic rings. The topological polar surface area (TPSA) is 17.0 Å². The normalized spacial score (nSPS) is 10.9. The maximum absolute atomic E-state index is 3.48. The summed E-state index contributed by atoms with van der Waals surface area (Å²) in [6.45, 7) is 6.23. The fraction of sp³-hybridized carbons (Fsp3) is 0.385. The van der Waals surface area contributed by atoms with Gasteiger partial charge in [0.2, 0.25) is 0 Å². The molecule has 3 heteroatoms. The van der Waals surface area contributed by atoms with Crippen molar-refractivity contribution in [3.8, 4) is 0 Å². The molecule has 0 radical (unpaired) electrons. The van der Waals surface area contributed by atoms with Crippen LogP contribution in [0.1, 0.15) is 22.5 Å². The highest BCUT2D eigenvalue weighted by Crippen LogP contribution is 2.13. The monoisotopic (exact) mass is 234 g/mol. The van der Waals surface area contributed by atoms with Crippen LogP contribution in [-0.2, 0) is 20.1 Å². The molecular formula is C13H18N2S. The summed E-state index contributed by atoms with van der Waals surface area (Å²) >= 11 is 1.75. The SMILES string of the molecule is Cc1cc(CNCc2ccsc2)c(C)n1C. The highest BCUT2D eigenvalue weighted by Gasteiger charge is 2.05. The van der Waals surface area contributed by atoms with Crippen molar-refractivity contribution in [3.63, 3.8) is 0 Å². The van der Waals surface area contributed by atoms with Gasteiger partial charge in [0.25, 0.3) is 0 Å². The third-order valence-electron chi connectivity index (χ3n) is 3.10. The molecule has 0 unspecified atom stereocenters. The van der Waals surface area contributed by atoms with Crippen LogP contribution in [0.2, 0.25) is 0 Å². The van der Waals surface area contributed by atoms with Gasteiger partial charge in [0, 0.05) is 31.5 Å². The highest BCUT2D eigenvalue weighted by atomic mass is 32.1. The second-order valence-corrected chi connectivity index (χ2v) is 4.97. The van der Waals surface area contributed by atoms with E-state index in [0.717, 1.165) is 13.1 Å². The van der Waals surface area contributed by atoms with E-state index < -0.39 is 0 Å². The first kappa shape index (κ1) is 11.4. The Morgan fingerprint density at radius 3 is 2.69 bits per heavy atom. The molecule has 0 saturated carbocycles. The summed E-state index contributed by atoms with van der Waals surface area (Å²) in [5, 5.41) is 7.79. The molecule has 1 N–H and O–H groups in total. The van der Waals surface area contributed by atoms with Crippen molar-refractivity contribution in [2.75, 3.05) is 0 Å². The molecule has 0 aliphatic rings. The summed E-state index contributed by atoms with van der Waals surface area (Å²) in [6, 6.07) is 4.43. The lowest BCUT2D eigenvalue weighted by Crippen LogP contribution is -2.12. The van der Waals surface area contributed by atoms with Gasteiger partial charge in [-0.2, -0.15) is 11.3 Å². The minimum atomic E-state index is 0.948. The molecule has 2 heterocycles. The first-order valence-electron chi connectivity index (χ1n) is 5.52. The molecule has 0 atom stereocenters. The van der Waals surface area contributed by atoms with Crippen LogP contribution >= 0.6 is 11.3 Å². The summed E-state index contributed by atoms with van der Waals surface area (Å²) < 4.78 is 2.24. The zero-order valence-electron chi connectivity index (χ0n) is 10.1. The molecule has 0 saturated heterocycles. The van der Waals surface area contributed by atoms with Gasteiger partial charge in [0.1, 0.15) is 0 Å². The van der Waals surface area contributed by atoms with Crippen molar-refractivity contribution in [2.24, 2.45) is 7.05 Å². The van der Waals surface area contributed by atoms with Gasteiger partial charge in [0.15, 0.2) is 0 Å². The van der Waals surface area contributed by atoms with Gasteiger partial charge in [-0.05, 0) is 47.9 Å². The number of aromatic nitrogens is 1. The Labute approximate surface area is 101 Å². The van der Waals surface area contributed by atoms with Crippen LogP contribution in [0.15, 0.2) is 22.9 Å². The summed E-state index contributed by atoms with van der Waals surface area (Å²) in [5.41, 5.74) is 5.45. The highest BCUT2D eigenvalue weighted by molar-refractivity contribution is 7.07. The Balaban J connectivity index is 1.92. The molecule has 0 aromatic carbocycles. The van der Waals surface area contributed by atoms with Crippen LogP contribution in [0.25, 0.3) is 0 Å². The standard InChI is InChI=1S/C13H18N2S/c1-10-6-13(11(2)15(10)3)8-14-7-12-4-5-16-9-12/h4-6,9,14H,7-8H2,1-3H3. The van der Waals surface area contributed by atoms with Crippen molar-refractivity contribution < 1.29 is 0 Å². The first-order chi connectivity index (χ1) is 7.68. The van der Waals surface area contributed by atoms with Gasteiger partial charge in [-0.1, -0.05) is 0 Å². The molecule has 0 bridgehead atoms. The van der Waals surface area contributed by atoms with Crippen LogP contribution in [0.5, 0.6) is 0 Å². The zero-order valence-corrected chi connectivity index (χ0v) is 10.9. The second kappa shape index (κ2) is 4.85. The van der Waals surface area contributed by atoms with E-state index in [0.29, 0.717) is 0 Å². The maximum Gasteiger partial charge on any atom is 0.0226 e. The molecule has 2 rings (SSSR count). The minimum Gasteiger partial charge on any atom is -0.352 e. The average Bonchev–Trinajstić information content (AvgIpc) is 2.85. The van der Waals surface area contributed by atoms with E-state index in [2.05, 4.69) is 53.7 Å². The third kappa shape index (κ3) is 2.36. The van der Waals surface area contributed by atoms with Gasteiger partial charge >= 0.3 is 0 Å². The number of hydrogen-bond donors (Lipinski definition) is 1. The van der Waals surface area contributed by atoms with Gasteiger partial charge in [-0.25, -0.2) is 0 Å². The van der Waals surface area contributed by atoms with Crippen LogP contribution in [0.3, 0.4) is 0 Å². The Kier molecular flexibility index (Phi) is 3.46. The summed E-state index contributed by atoms with van der Waals surface area (Å²) in [7, 11) is 2.12. The van der Waals surface area contributed by atoms with Crippen LogP contribution in [-0.4, -0.2) is 4.57 Å². The van der Waals surface area contributed by atoms with E-state index in [-0.39, 0.29) is 0 Å². The molecule has 0 amide bonds. The molecule has 2 nitrogen and oxygen atoms in total. The lowest BCUT2D eigenvalue weighted by Gasteiger charge is -2.04. The summed E-state index contributed by atoms with van der Waals surface area (Å²) in [6.07, 6.45) is 0. The van der Waals surface area contributed by atoms with E-state index in [4.69, 9.17) is 0 Å². The average molecular weight is 234 g/mol. The van der Waals surface area contributed by atoms with E-state index >= 15 is 0 Å². The third-order valence-corrected chi connectivity index (χ3v) is 3.84. The minimum absolute atomic E-state index is 0.948. The van der Waals surface area contributed by atoms with Gasteiger partial charge in [0.05, 0.1) is 0 Å². The predicted molar refractivity (Wildman–Crippen MR) is 69.7 cm³/mol. The molecule has 0 fully saturated rings.